The molecule has 1 aromatic carbocycles. The van der Waals surface area contributed by atoms with E-state index in [0.717, 1.165) is 44.7 Å². The highest BCUT2D eigenvalue weighted by Gasteiger charge is 2.21. The van der Waals surface area contributed by atoms with Crippen LogP contribution in [0.5, 0.6) is 0 Å². The third kappa shape index (κ3) is 6.53. The Bertz CT molecular complexity index is 794. The van der Waals surface area contributed by atoms with Crippen LogP contribution < -0.4 is 10.2 Å². The van der Waals surface area contributed by atoms with E-state index in [2.05, 4.69) is 27.3 Å². The minimum atomic E-state index is -0.274. The number of hydrogen-bond donors (Lipinski definition) is 1. The van der Waals surface area contributed by atoms with Crippen LogP contribution in [-0.4, -0.2) is 43.0 Å². The summed E-state index contributed by atoms with van der Waals surface area (Å²) in [6.07, 6.45) is 5.64. The molecule has 1 fully saturated rings. The predicted molar refractivity (Wildman–Crippen MR) is 114 cm³/mol. The number of carbonyl (C=O) groups is 1. The van der Waals surface area contributed by atoms with Crippen molar-refractivity contribution < 1.29 is 9.18 Å². The Morgan fingerprint density at radius 3 is 2.83 bits per heavy atom. The van der Waals surface area contributed by atoms with Crippen LogP contribution in [0.2, 0.25) is 0 Å². The van der Waals surface area contributed by atoms with Gasteiger partial charge in [0.2, 0.25) is 5.91 Å². The summed E-state index contributed by atoms with van der Waals surface area (Å²) in [5.74, 6) is 1.21. The van der Waals surface area contributed by atoms with Crippen LogP contribution in [0.25, 0.3) is 0 Å². The van der Waals surface area contributed by atoms with Crippen LogP contribution in [0.4, 0.5) is 10.2 Å². The number of rotatable bonds is 8. The number of anilines is 1. The summed E-state index contributed by atoms with van der Waals surface area (Å²) in [4.78, 5) is 21.1. The molecule has 3 rings (SSSR count). The molecule has 0 saturated carbocycles. The molecule has 0 unspecified atom stereocenters. The zero-order valence-electron chi connectivity index (χ0n) is 17.4. The van der Waals surface area contributed by atoms with E-state index in [1.807, 2.05) is 25.2 Å². The van der Waals surface area contributed by atoms with Gasteiger partial charge in [-0.1, -0.05) is 24.3 Å². The zero-order valence-corrected chi connectivity index (χ0v) is 17.4. The third-order valence-electron chi connectivity index (χ3n) is 5.49. The molecule has 1 aliphatic heterocycles. The van der Waals surface area contributed by atoms with E-state index in [0.29, 0.717) is 17.9 Å². The monoisotopic (exact) mass is 398 g/mol. The molecular formula is C23H31FN4O. The van der Waals surface area contributed by atoms with Crippen LogP contribution in [0.15, 0.2) is 42.6 Å². The molecule has 0 radical (unpaired) electrons. The molecule has 156 valence electrons. The number of carbonyl (C=O) groups excluding carboxylic acids is 1. The number of pyridine rings is 1. The Morgan fingerprint density at radius 1 is 1.28 bits per heavy atom. The van der Waals surface area contributed by atoms with Crippen LogP contribution in [-0.2, 0) is 17.9 Å². The van der Waals surface area contributed by atoms with Crippen molar-refractivity contribution in [3.8, 4) is 0 Å². The lowest BCUT2D eigenvalue weighted by molar-refractivity contribution is -0.121. The van der Waals surface area contributed by atoms with E-state index in [1.54, 1.807) is 18.2 Å². The molecule has 1 aromatic heterocycles. The summed E-state index contributed by atoms with van der Waals surface area (Å²) in [5.41, 5.74) is 1.75. The first kappa shape index (κ1) is 21.2. The van der Waals surface area contributed by atoms with Crippen molar-refractivity contribution in [2.75, 3.05) is 32.1 Å². The topological polar surface area (TPSA) is 48.5 Å². The summed E-state index contributed by atoms with van der Waals surface area (Å²) in [6.45, 7) is 3.25. The van der Waals surface area contributed by atoms with E-state index in [9.17, 15) is 9.18 Å². The molecule has 1 amide bonds. The first-order valence-corrected chi connectivity index (χ1v) is 10.4. The maximum atomic E-state index is 13.6. The highest BCUT2D eigenvalue weighted by Crippen LogP contribution is 2.22. The Kier molecular flexibility index (Phi) is 7.58. The first-order chi connectivity index (χ1) is 14.0. The molecule has 1 atom stereocenters. The van der Waals surface area contributed by atoms with Gasteiger partial charge in [-0.05, 0) is 49.4 Å². The molecule has 1 aliphatic rings. The van der Waals surface area contributed by atoms with Crippen LogP contribution in [0, 0.1) is 11.7 Å². The second-order valence-electron chi connectivity index (χ2n) is 8.07. The van der Waals surface area contributed by atoms with E-state index >= 15 is 0 Å². The van der Waals surface area contributed by atoms with Gasteiger partial charge in [0.25, 0.3) is 0 Å². The van der Waals surface area contributed by atoms with Gasteiger partial charge in [0.1, 0.15) is 11.6 Å². The molecular weight excluding hydrogens is 367 g/mol. The number of nitrogens with one attached hydrogen (secondary N) is 1. The van der Waals surface area contributed by atoms with Gasteiger partial charge in [-0.2, -0.15) is 0 Å². The number of benzene rings is 1. The molecule has 2 aromatic rings. The largest absolute Gasteiger partial charge is 0.363 e. The number of halogens is 1. The molecule has 0 aliphatic carbocycles. The van der Waals surface area contributed by atoms with Crippen LogP contribution in [0.3, 0.4) is 0 Å². The summed E-state index contributed by atoms with van der Waals surface area (Å²) in [5, 5.41) is 2.84. The van der Waals surface area contributed by atoms with Crippen molar-refractivity contribution in [3.05, 3.63) is 59.5 Å². The Balaban J connectivity index is 1.41. The average molecular weight is 399 g/mol. The number of hydrogen-bond acceptors (Lipinski definition) is 4. The van der Waals surface area contributed by atoms with E-state index in [1.165, 1.54) is 11.6 Å². The Hall–Kier alpha value is -2.47. The molecule has 5 nitrogen and oxygen atoms in total. The van der Waals surface area contributed by atoms with Crippen LogP contribution >= 0.6 is 0 Å². The summed E-state index contributed by atoms with van der Waals surface area (Å²) >= 11 is 0. The summed E-state index contributed by atoms with van der Waals surface area (Å²) in [7, 11) is 3.98. The van der Waals surface area contributed by atoms with Gasteiger partial charge >= 0.3 is 0 Å². The molecule has 29 heavy (non-hydrogen) atoms. The maximum absolute atomic E-state index is 13.6. The SMILES string of the molecule is CN(C)c1ccc(CN2CCC[C@@H](CCC(=O)NCc3ccccc3F)C2)cn1. The van der Waals surface area contributed by atoms with Gasteiger partial charge in [-0.15, -0.1) is 0 Å². The fourth-order valence-electron chi connectivity index (χ4n) is 3.82. The number of likely N-dealkylation sites (tertiary alicyclic amines) is 1. The fourth-order valence-corrected chi connectivity index (χ4v) is 3.82. The molecule has 1 N–H and O–H groups in total. The lowest BCUT2D eigenvalue weighted by Gasteiger charge is -2.32. The van der Waals surface area contributed by atoms with Crippen molar-refractivity contribution in [3.63, 3.8) is 0 Å². The number of piperidine rings is 1. The zero-order chi connectivity index (χ0) is 20.6. The Labute approximate surface area is 172 Å². The molecule has 1 saturated heterocycles. The van der Waals surface area contributed by atoms with Crippen molar-refractivity contribution in [1.29, 1.82) is 0 Å². The minimum Gasteiger partial charge on any atom is -0.363 e. The second-order valence-corrected chi connectivity index (χ2v) is 8.07. The molecule has 2 heterocycles. The number of amides is 1. The number of nitrogens with zero attached hydrogens (tertiary/aromatic N) is 3. The molecule has 0 bridgehead atoms. The lowest BCUT2D eigenvalue weighted by atomic mass is 9.93. The van der Waals surface area contributed by atoms with Gasteiger partial charge < -0.3 is 10.2 Å². The fraction of sp³-hybridized carbons (Fsp3) is 0.478. The second kappa shape index (κ2) is 10.3. The van der Waals surface area contributed by atoms with Crippen molar-refractivity contribution >= 4 is 11.7 Å². The molecule has 6 heteroatoms. The normalized spacial score (nSPS) is 17.1. The lowest BCUT2D eigenvalue weighted by Crippen LogP contribution is -2.35. The summed E-state index contributed by atoms with van der Waals surface area (Å²) < 4.78 is 13.6. The van der Waals surface area contributed by atoms with Gasteiger partial charge in [0.15, 0.2) is 0 Å². The minimum absolute atomic E-state index is 0.00569. The smallest absolute Gasteiger partial charge is 0.220 e. The van der Waals surface area contributed by atoms with E-state index in [4.69, 9.17) is 0 Å². The third-order valence-corrected chi connectivity index (χ3v) is 5.49. The summed E-state index contributed by atoms with van der Waals surface area (Å²) in [6, 6.07) is 10.8. The van der Waals surface area contributed by atoms with E-state index in [-0.39, 0.29) is 18.3 Å². The van der Waals surface area contributed by atoms with E-state index < -0.39 is 0 Å². The van der Waals surface area contributed by atoms with Crippen molar-refractivity contribution in [2.45, 2.75) is 38.8 Å². The van der Waals surface area contributed by atoms with Gasteiger partial charge in [-0.3, -0.25) is 9.69 Å². The van der Waals surface area contributed by atoms with Gasteiger partial charge in [-0.25, -0.2) is 9.37 Å². The molecule has 0 spiro atoms. The van der Waals surface area contributed by atoms with Gasteiger partial charge in [0, 0.05) is 51.9 Å². The predicted octanol–water partition coefficient (Wildman–Crippen LogP) is 3.60. The standard InChI is InChI=1S/C23H31FN4O/c1-27(2)22-11-9-19(14-25-22)17-28-13-5-6-18(16-28)10-12-23(29)26-15-20-7-3-4-8-21(20)24/h3-4,7-9,11,14,18H,5-6,10,12-13,15-17H2,1-2H3,(H,26,29)/t18-/m0/s1. The quantitative estimate of drug-likeness (QED) is 0.738. The van der Waals surface area contributed by atoms with Crippen LogP contribution in [0.1, 0.15) is 36.8 Å². The van der Waals surface area contributed by atoms with Crippen molar-refractivity contribution in [2.24, 2.45) is 5.92 Å². The Morgan fingerprint density at radius 2 is 2.10 bits per heavy atom. The van der Waals surface area contributed by atoms with Gasteiger partial charge in [0.05, 0.1) is 0 Å². The maximum Gasteiger partial charge on any atom is 0.220 e. The average Bonchev–Trinajstić information content (AvgIpc) is 2.72. The highest BCUT2D eigenvalue weighted by atomic mass is 19.1. The van der Waals surface area contributed by atoms with Crippen molar-refractivity contribution in [1.82, 2.24) is 15.2 Å². The highest BCUT2D eigenvalue weighted by molar-refractivity contribution is 5.75. The number of aromatic nitrogens is 1. The first-order valence-electron chi connectivity index (χ1n) is 10.4.